The number of nitro groups is 1. The van der Waals surface area contributed by atoms with Crippen molar-refractivity contribution in [2.45, 2.75) is 4.90 Å². The lowest BCUT2D eigenvalue weighted by Gasteiger charge is -2.07. The molecule has 0 atom stereocenters. The van der Waals surface area contributed by atoms with Crippen LogP contribution in [0, 0.1) is 10.1 Å². The number of hydrogen-bond acceptors (Lipinski definition) is 7. The first-order chi connectivity index (χ1) is 10.9. The van der Waals surface area contributed by atoms with Crippen LogP contribution in [0.1, 0.15) is 0 Å². The number of aryl methyl sites for hydroxylation is 1. The van der Waals surface area contributed by atoms with Gasteiger partial charge >= 0.3 is 15.9 Å². The summed E-state index contributed by atoms with van der Waals surface area (Å²) in [5.74, 6) is -0.804. The second-order valence-electron chi connectivity index (χ2n) is 4.62. The maximum atomic E-state index is 12.4. The third-order valence-electron chi connectivity index (χ3n) is 3.01. The van der Waals surface area contributed by atoms with Gasteiger partial charge in [-0.1, -0.05) is 18.2 Å². The molecule has 0 unspecified atom stereocenters. The van der Waals surface area contributed by atoms with Gasteiger partial charge in [-0.3, -0.25) is 4.98 Å². The van der Waals surface area contributed by atoms with Gasteiger partial charge in [0.05, 0.1) is 18.3 Å². The predicted molar refractivity (Wildman–Crippen MR) is 79.4 cm³/mol. The molecule has 2 aromatic heterocycles. The van der Waals surface area contributed by atoms with Crippen LogP contribution in [0.3, 0.4) is 0 Å². The lowest BCUT2D eigenvalue weighted by molar-refractivity contribution is -0.392. The highest BCUT2D eigenvalue weighted by atomic mass is 32.2. The van der Waals surface area contributed by atoms with E-state index in [1.807, 2.05) is 0 Å². The molecule has 0 radical (unpaired) electrons. The van der Waals surface area contributed by atoms with Gasteiger partial charge in [-0.25, -0.2) is 0 Å². The number of rotatable bonds is 4. The molecule has 0 aliphatic rings. The maximum Gasteiger partial charge on any atom is 0.412 e. The fourth-order valence-corrected chi connectivity index (χ4v) is 3.15. The van der Waals surface area contributed by atoms with Crippen molar-refractivity contribution < 1.29 is 17.5 Å². The molecule has 2 heterocycles. The van der Waals surface area contributed by atoms with Crippen LogP contribution in [-0.2, 0) is 17.2 Å². The monoisotopic (exact) mass is 334 g/mol. The van der Waals surface area contributed by atoms with E-state index in [1.165, 1.54) is 19.3 Å². The van der Waals surface area contributed by atoms with Crippen LogP contribution in [-0.4, -0.2) is 28.1 Å². The molecule has 0 amide bonds. The third-order valence-corrected chi connectivity index (χ3v) is 4.24. The summed E-state index contributed by atoms with van der Waals surface area (Å²) in [6, 6.07) is 8.22. The molecule has 23 heavy (non-hydrogen) atoms. The van der Waals surface area contributed by atoms with Gasteiger partial charge in [0.15, 0.2) is 5.75 Å². The minimum absolute atomic E-state index is 0.0127. The largest absolute Gasteiger partial charge is 0.412 e. The van der Waals surface area contributed by atoms with Gasteiger partial charge in [-0.2, -0.15) is 13.1 Å². The zero-order valence-corrected chi connectivity index (χ0v) is 12.6. The van der Waals surface area contributed by atoms with Crippen molar-refractivity contribution in [2.75, 3.05) is 0 Å². The molecule has 1 aromatic carbocycles. The topological polar surface area (TPSA) is 117 Å². The number of nitrogens with zero attached hydrogens (tertiary/aromatic N) is 4. The Bertz CT molecular complexity index is 1010. The van der Waals surface area contributed by atoms with Gasteiger partial charge in [0.25, 0.3) is 0 Å². The number of pyridine rings is 1. The van der Waals surface area contributed by atoms with Crippen molar-refractivity contribution >= 4 is 26.8 Å². The molecule has 0 bridgehead atoms. The number of para-hydroxylation sites is 1. The first-order valence-electron chi connectivity index (χ1n) is 6.35. The summed E-state index contributed by atoms with van der Waals surface area (Å²) in [4.78, 5) is 13.5. The van der Waals surface area contributed by atoms with E-state index in [0.717, 1.165) is 10.9 Å². The Morgan fingerprint density at radius 3 is 2.74 bits per heavy atom. The molecule has 0 saturated carbocycles. The minimum Gasteiger partial charge on any atom is -0.376 e. The van der Waals surface area contributed by atoms with Gasteiger partial charge in [0.2, 0.25) is 4.90 Å². The first-order valence-corrected chi connectivity index (χ1v) is 7.75. The number of benzene rings is 1. The van der Waals surface area contributed by atoms with Gasteiger partial charge in [-0.15, -0.1) is 0 Å². The van der Waals surface area contributed by atoms with E-state index < -0.39 is 25.8 Å². The van der Waals surface area contributed by atoms with Crippen LogP contribution < -0.4 is 4.18 Å². The zero-order chi connectivity index (χ0) is 16.6. The van der Waals surface area contributed by atoms with Crippen LogP contribution >= 0.6 is 0 Å². The molecule has 10 heteroatoms. The molecule has 0 N–H and O–H groups in total. The molecule has 118 valence electrons. The Morgan fingerprint density at radius 1 is 1.26 bits per heavy atom. The van der Waals surface area contributed by atoms with E-state index in [2.05, 4.69) is 10.1 Å². The molecule has 0 saturated heterocycles. The van der Waals surface area contributed by atoms with Gasteiger partial charge in [-0.05, 0) is 17.1 Å². The molecule has 9 nitrogen and oxygen atoms in total. The molecule has 0 spiro atoms. The van der Waals surface area contributed by atoms with Gasteiger partial charge in [0.1, 0.15) is 5.52 Å². The summed E-state index contributed by atoms with van der Waals surface area (Å²) >= 11 is 0. The van der Waals surface area contributed by atoms with Crippen molar-refractivity contribution in [1.29, 1.82) is 0 Å². The number of hydrogen-bond donors (Lipinski definition) is 0. The zero-order valence-electron chi connectivity index (χ0n) is 11.8. The Kier molecular flexibility index (Phi) is 3.45. The van der Waals surface area contributed by atoms with Crippen molar-refractivity contribution in [1.82, 2.24) is 14.8 Å². The van der Waals surface area contributed by atoms with E-state index in [1.54, 1.807) is 24.3 Å². The smallest absolute Gasteiger partial charge is 0.376 e. The maximum absolute atomic E-state index is 12.4. The van der Waals surface area contributed by atoms with E-state index >= 15 is 0 Å². The summed E-state index contributed by atoms with van der Waals surface area (Å²) in [5, 5.41) is 15.1. The Hall–Kier alpha value is -3.01. The van der Waals surface area contributed by atoms with Gasteiger partial charge in [0, 0.05) is 11.6 Å². The van der Waals surface area contributed by atoms with Crippen LogP contribution in [0.25, 0.3) is 10.9 Å². The lowest BCUT2D eigenvalue weighted by Crippen LogP contribution is -2.11. The summed E-state index contributed by atoms with van der Waals surface area (Å²) in [5.41, 5.74) is 0.338. The normalized spacial score (nSPS) is 11.5. The SMILES string of the molecule is Cn1cc(S(=O)(=O)Oc2cccc3cccnc23)c([N+](=O)[O-])n1. The lowest BCUT2D eigenvalue weighted by atomic mass is 10.2. The standard InChI is InChI=1S/C13H10N4O5S/c1-16-8-11(13(15-16)17(18)19)23(20,21)22-10-6-2-4-9-5-3-7-14-12(9)10/h2-8H,1H3. The van der Waals surface area contributed by atoms with Crippen molar-refractivity contribution in [3.63, 3.8) is 0 Å². The third kappa shape index (κ3) is 2.71. The fraction of sp³-hybridized carbons (Fsp3) is 0.0769. The second kappa shape index (κ2) is 5.32. The highest BCUT2D eigenvalue weighted by Crippen LogP contribution is 2.29. The summed E-state index contributed by atoms with van der Waals surface area (Å²) < 4.78 is 30.8. The Balaban J connectivity index is 2.09. The van der Waals surface area contributed by atoms with E-state index in [4.69, 9.17) is 4.18 Å². The highest BCUT2D eigenvalue weighted by Gasteiger charge is 2.32. The molecular formula is C13H10N4O5S. The summed E-state index contributed by atoms with van der Waals surface area (Å²) in [6.07, 6.45) is 2.51. The number of aromatic nitrogens is 3. The predicted octanol–water partition coefficient (Wildman–Crippen LogP) is 1.64. The van der Waals surface area contributed by atoms with E-state index in [9.17, 15) is 18.5 Å². The molecule has 0 fully saturated rings. The van der Waals surface area contributed by atoms with Crippen molar-refractivity contribution in [3.8, 4) is 5.75 Å². The Morgan fingerprint density at radius 2 is 2.00 bits per heavy atom. The van der Waals surface area contributed by atoms with E-state index in [0.29, 0.717) is 10.9 Å². The fourth-order valence-electron chi connectivity index (χ4n) is 2.06. The minimum atomic E-state index is -4.42. The molecule has 3 rings (SSSR count). The van der Waals surface area contributed by atoms with Crippen molar-refractivity contribution in [3.05, 3.63) is 52.8 Å². The van der Waals surface area contributed by atoms with Crippen molar-refractivity contribution in [2.24, 2.45) is 7.05 Å². The van der Waals surface area contributed by atoms with Crippen LogP contribution in [0.4, 0.5) is 5.82 Å². The Labute approximate surface area is 130 Å². The quantitative estimate of drug-likeness (QED) is 0.404. The molecule has 0 aliphatic carbocycles. The highest BCUT2D eigenvalue weighted by molar-refractivity contribution is 7.87. The molecule has 3 aromatic rings. The van der Waals surface area contributed by atoms with Crippen LogP contribution in [0.15, 0.2) is 47.6 Å². The summed E-state index contributed by atoms with van der Waals surface area (Å²) in [6.45, 7) is 0. The molecular weight excluding hydrogens is 324 g/mol. The van der Waals surface area contributed by atoms with Crippen LogP contribution in [0.2, 0.25) is 0 Å². The number of fused-ring (bicyclic) bond motifs is 1. The molecule has 0 aliphatic heterocycles. The second-order valence-corrected chi connectivity index (χ2v) is 6.13. The average Bonchev–Trinajstić information content (AvgIpc) is 2.91. The average molecular weight is 334 g/mol. The van der Waals surface area contributed by atoms with Crippen LogP contribution in [0.5, 0.6) is 5.75 Å². The van der Waals surface area contributed by atoms with Gasteiger partial charge < -0.3 is 14.3 Å². The van der Waals surface area contributed by atoms with E-state index in [-0.39, 0.29) is 5.75 Å². The first kappa shape index (κ1) is 14.9. The summed E-state index contributed by atoms with van der Waals surface area (Å²) in [7, 11) is -3.04.